The number of fused-ring (bicyclic) bond motifs is 4. The molecule has 2 saturated carbocycles. The molecule has 35 heavy (non-hydrogen) atoms. The van der Waals surface area contributed by atoms with E-state index in [-0.39, 0.29) is 29.4 Å². The molecule has 5 unspecified atom stereocenters. The second-order valence-electron chi connectivity index (χ2n) is 11.5. The fourth-order valence-electron chi connectivity index (χ4n) is 8.02. The number of anilines is 1. The molecule has 4 aliphatic rings. The van der Waals surface area contributed by atoms with Gasteiger partial charge in [0.25, 0.3) is 0 Å². The fourth-order valence-corrected chi connectivity index (χ4v) is 8.02. The highest BCUT2D eigenvalue weighted by Gasteiger charge is 2.67. The number of Topliss-reactive ketones (excluding diaryl/α,β-unsaturated/α-hetero) is 1. The average molecular weight is 476 g/mol. The smallest absolute Gasteiger partial charge is 0.303 e. The third kappa shape index (κ3) is 3.61. The molecule has 0 aromatic heterocycles. The van der Waals surface area contributed by atoms with E-state index in [1.165, 1.54) is 29.2 Å². The highest BCUT2D eigenvalue weighted by Crippen LogP contribution is 2.67. The van der Waals surface area contributed by atoms with Gasteiger partial charge in [-0.15, -0.1) is 0 Å². The van der Waals surface area contributed by atoms with Crippen molar-refractivity contribution < 1.29 is 19.1 Å². The number of ether oxygens (including phenoxy) is 1. The van der Waals surface area contributed by atoms with Crippen LogP contribution in [0.5, 0.6) is 0 Å². The molecule has 0 amide bonds. The summed E-state index contributed by atoms with van der Waals surface area (Å²) in [5.74, 6) is 0.584. The summed E-state index contributed by atoms with van der Waals surface area (Å²) < 4.78 is 6.00. The zero-order valence-electron chi connectivity index (χ0n) is 21.6. The molecule has 5 atom stereocenters. The second-order valence-corrected chi connectivity index (χ2v) is 11.5. The van der Waals surface area contributed by atoms with E-state index >= 15 is 0 Å². The maximum atomic E-state index is 13.2. The Morgan fingerprint density at radius 3 is 2.37 bits per heavy atom. The van der Waals surface area contributed by atoms with Crippen LogP contribution in [0.4, 0.5) is 5.69 Å². The Balaban J connectivity index is 1.68. The van der Waals surface area contributed by atoms with Crippen molar-refractivity contribution in [3.05, 3.63) is 52.6 Å². The predicted molar refractivity (Wildman–Crippen MR) is 136 cm³/mol. The van der Waals surface area contributed by atoms with Gasteiger partial charge in [0.05, 0.1) is 0 Å². The number of benzene rings is 1. The quantitative estimate of drug-likeness (QED) is 0.535. The monoisotopic (exact) mass is 475 g/mol. The largest absolute Gasteiger partial charge is 0.451 e. The van der Waals surface area contributed by atoms with Gasteiger partial charge in [-0.1, -0.05) is 24.6 Å². The predicted octanol–water partition coefficient (Wildman–Crippen LogP) is 5.54. The minimum Gasteiger partial charge on any atom is -0.451 e. The summed E-state index contributed by atoms with van der Waals surface area (Å²) in [6, 6.07) is 8.76. The van der Waals surface area contributed by atoms with E-state index in [0.29, 0.717) is 18.8 Å². The maximum Gasteiger partial charge on any atom is 0.303 e. The van der Waals surface area contributed by atoms with Gasteiger partial charge < -0.3 is 9.64 Å². The van der Waals surface area contributed by atoms with Crippen molar-refractivity contribution in [1.82, 2.24) is 0 Å². The molecule has 186 valence electrons. The molecule has 5 nitrogen and oxygen atoms in total. The van der Waals surface area contributed by atoms with Gasteiger partial charge in [-0.25, -0.2) is 0 Å². The minimum atomic E-state index is -1.07. The van der Waals surface area contributed by atoms with Gasteiger partial charge in [0.15, 0.2) is 17.2 Å². The first-order valence-electron chi connectivity index (χ1n) is 13.0. The molecule has 0 N–H and O–H groups in total. The normalized spacial score (nSPS) is 33.9. The SMILES string of the molecule is CC(=O)OC1(C(C)=O)CCC2C3CCC4=CC(=O)CCC4=C3C(c3ccc(N(C)C)cc3)CC21C. The van der Waals surface area contributed by atoms with Gasteiger partial charge in [0.1, 0.15) is 0 Å². The van der Waals surface area contributed by atoms with Crippen LogP contribution >= 0.6 is 0 Å². The van der Waals surface area contributed by atoms with E-state index in [4.69, 9.17) is 4.74 Å². The minimum absolute atomic E-state index is 0.0323. The number of hydrogen-bond acceptors (Lipinski definition) is 5. The van der Waals surface area contributed by atoms with Crippen molar-refractivity contribution >= 4 is 23.2 Å². The molecule has 5 heteroatoms. The number of ketones is 2. The fraction of sp³-hybridized carbons (Fsp3) is 0.567. The van der Waals surface area contributed by atoms with E-state index in [2.05, 4.69) is 36.1 Å². The van der Waals surface area contributed by atoms with Crippen LogP contribution in [0, 0.1) is 17.3 Å². The second kappa shape index (κ2) is 8.46. The summed E-state index contributed by atoms with van der Waals surface area (Å²) in [5, 5.41) is 0. The molecule has 1 aromatic carbocycles. The average Bonchev–Trinajstić information content (AvgIpc) is 3.10. The molecule has 0 saturated heterocycles. The van der Waals surface area contributed by atoms with Crippen molar-refractivity contribution in [2.75, 3.05) is 19.0 Å². The van der Waals surface area contributed by atoms with Crippen molar-refractivity contribution in [1.29, 1.82) is 0 Å². The lowest BCUT2D eigenvalue weighted by Gasteiger charge is -2.55. The number of rotatable bonds is 4. The van der Waals surface area contributed by atoms with Crippen molar-refractivity contribution in [3.63, 3.8) is 0 Å². The van der Waals surface area contributed by atoms with Crippen LogP contribution in [-0.4, -0.2) is 37.2 Å². The Bertz CT molecular complexity index is 1140. The zero-order valence-corrected chi connectivity index (χ0v) is 21.6. The lowest BCUT2D eigenvalue weighted by atomic mass is 9.50. The van der Waals surface area contributed by atoms with E-state index in [9.17, 15) is 14.4 Å². The number of esters is 1. The molecule has 0 bridgehead atoms. The van der Waals surface area contributed by atoms with Gasteiger partial charge in [0, 0.05) is 44.5 Å². The summed E-state index contributed by atoms with van der Waals surface area (Å²) in [6.07, 6.45) is 7.41. The van der Waals surface area contributed by atoms with Crippen LogP contribution in [0.3, 0.4) is 0 Å². The van der Waals surface area contributed by atoms with Crippen LogP contribution in [0.2, 0.25) is 0 Å². The Labute approximate surface area is 208 Å². The number of allylic oxidation sites excluding steroid dienone is 4. The van der Waals surface area contributed by atoms with Gasteiger partial charge in [-0.2, -0.15) is 0 Å². The number of nitrogens with zero attached hydrogens (tertiary/aromatic N) is 1. The van der Waals surface area contributed by atoms with Gasteiger partial charge in [-0.3, -0.25) is 14.4 Å². The highest BCUT2D eigenvalue weighted by molar-refractivity contribution is 5.93. The standard InChI is InChI=1S/C30H37NO4/c1-18(32)30(35-19(2)33)15-14-27-25-12-8-21-16-23(34)11-13-24(21)28(25)26(17-29(27,30)3)20-6-9-22(10-7-20)31(4)5/h6-7,9-10,16,25-27H,8,11-15,17H2,1-5H3. The summed E-state index contributed by atoms with van der Waals surface area (Å²) in [5.41, 5.74) is 4.98. The Kier molecular flexibility index (Phi) is 5.81. The van der Waals surface area contributed by atoms with E-state index in [0.717, 1.165) is 37.8 Å². The maximum absolute atomic E-state index is 13.2. The van der Waals surface area contributed by atoms with Crippen LogP contribution in [0.25, 0.3) is 0 Å². The summed E-state index contributed by atoms with van der Waals surface area (Å²) in [6.45, 7) is 5.22. The molecule has 1 aromatic rings. The molecule has 0 spiro atoms. The number of carbonyl (C=O) groups excluding carboxylic acids is 3. The van der Waals surface area contributed by atoms with Crippen LogP contribution in [0.15, 0.2) is 47.1 Å². The van der Waals surface area contributed by atoms with Crippen molar-refractivity contribution in [3.8, 4) is 0 Å². The Hall–Kier alpha value is -2.69. The third-order valence-corrected chi connectivity index (χ3v) is 9.55. The summed E-state index contributed by atoms with van der Waals surface area (Å²) >= 11 is 0. The molecular weight excluding hydrogens is 438 g/mol. The molecule has 0 radical (unpaired) electrons. The summed E-state index contributed by atoms with van der Waals surface area (Å²) in [4.78, 5) is 39.8. The van der Waals surface area contributed by atoms with Crippen LogP contribution < -0.4 is 4.90 Å². The first-order chi connectivity index (χ1) is 16.6. The number of carbonyl (C=O) groups is 3. The molecule has 2 fully saturated rings. The van der Waals surface area contributed by atoms with Gasteiger partial charge in [-0.05, 0) is 92.2 Å². The van der Waals surface area contributed by atoms with Crippen molar-refractivity contribution in [2.45, 2.75) is 77.2 Å². The Morgan fingerprint density at radius 2 is 1.74 bits per heavy atom. The topological polar surface area (TPSA) is 63.7 Å². The summed E-state index contributed by atoms with van der Waals surface area (Å²) in [7, 11) is 4.08. The molecular formula is C30H37NO4. The van der Waals surface area contributed by atoms with Gasteiger partial charge in [0.2, 0.25) is 0 Å². The van der Waals surface area contributed by atoms with Crippen LogP contribution in [-0.2, 0) is 19.1 Å². The number of hydrogen-bond donors (Lipinski definition) is 0. The van der Waals surface area contributed by atoms with Gasteiger partial charge >= 0.3 is 5.97 Å². The van der Waals surface area contributed by atoms with Crippen molar-refractivity contribution in [2.24, 2.45) is 17.3 Å². The zero-order chi connectivity index (χ0) is 25.1. The lowest BCUT2D eigenvalue weighted by molar-refractivity contribution is -0.182. The molecule has 0 aliphatic heterocycles. The first kappa shape index (κ1) is 24.0. The van der Waals surface area contributed by atoms with Crippen LogP contribution in [0.1, 0.15) is 77.2 Å². The molecule has 0 heterocycles. The first-order valence-corrected chi connectivity index (χ1v) is 13.0. The molecule has 4 aliphatic carbocycles. The van der Waals surface area contributed by atoms with E-state index in [1.54, 1.807) is 6.92 Å². The van der Waals surface area contributed by atoms with E-state index < -0.39 is 11.0 Å². The van der Waals surface area contributed by atoms with E-state index in [1.807, 2.05) is 20.2 Å². The molecule has 5 rings (SSSR count). The third-order valence-electron chi connectivity index (χ3n) is 9.55. The highest BCUT2D eigenvalue weighted by atomic mass is 16.6. The lowest BCUT2D eigenvalue weighted by Crippen LogP contribution is -2.57. The Morgan fingerprint density at radius 1 is 1.03 bits per heavy atom.